The van der Waals surface area contributed by atoms with E-state index in [-0.39, 0.29) is 23.5 Å². The Bertz CT molecular complexity index is 752. The third-order valence-electron chi connectivity index (χ3n) is 5.47. The first kappa shape index (κ1) is 21.9. The summed E-state index contributed by atoms with van der Waals surface area (Å²) >= 11 is 0. The molecule has 1 aromatic carbocycles. The van der Waals surface area contributed by atoms with E-state index in [1.54, 1.807) is 0 Å². The van der Waals surface area contributed by atoms with E-state index >= 15 is 0 Å². The van der Waals surface area contributed by atoms with Crippen LogP contribution < -0.4 is 10.1 Å². The molecule has 0 bridgehead atoms. The lowest BCUT2D eigenvalue weighted by Crippen LogP contribution is -2.25. The molecule has 0 saturated heterocycles. The van der Waals surface area contributed by atoms with Gasteiger partial charge in [-0.3, -0.25) is 5.32 Å². The Labute approximate surface area is 176 Å². The van der Waals surface area contributed by atoms with Gasteiger partial charge in [-0.1, -0.05) is 12.8 Å². The van der Waals surface area contributed by atoms with E-state index in [1.807, 2.05) is 0 Å². The van der Waals surface area contributed by atoms with Crippen LogP contribution in [0.25, 0.3) is 0 Å². The number of rotatable bonds is 5. The number of carbonyl (C=O) groups is 3. The van der Waals surface area contributed by atoms with Gasteiger partial charge in [-0.15, -0.1) is 0 Å². The Morgan fingerprint density at radius 3 is 2.07 bits per heavy atom. The number of esters is 1. The number of nitrogens with one attached hydrogen (secondary N) is 1. The molecule has 8 nitrogen and oxygen atoms in total. The normalized spacial score (nSPS) is 17.6. The second-order valence-electron chi connectivity index (χ2n) is 7.72. The zero-order valence-electron chi connectivity index (χ0n) is 17.3. The molecule has 0 aromatic heterocycles. The van der Waals surface area contributed by atoms with Crippen molar-refractivity contribution < 1.29 is 33.3 Å². The van der Waals surface area contributed by atoms with Crippen LogP contribution in [0.3, 0.4) is 0 Å². The van der Waals surface area contributed by atoms with Gasteiger partial charge in [0.15, 0.2) is 5.75 Å². The molecule has 1 amide bonds. The van der Waals surface area contributed by atoms with Crippen molar-refractivity contribution in [3.63, 3.8) is 0 Å². The lowest BCUT2D eigenvalue weighted by molar-refractivity contribution is 0.0410. The highest BCUT2D eigenvalue weighted by Crippen LogP contribution is 2.27. The molecule has 2 aliphatic carbocycles. The van der Waals surface area contributed by atoms with Gasteiger partial charge >= 0.3 is 18.2 Å². The molecule has 2 saturated carbocycles. The van der Waals surface area contributed by atoms with E-state index in [0.717, 1.165) is 64.2 Å². The van der Waals surface area contributed by atoms with Crippen molar-refractivity contribution in [3.8, 4) is 5.75 Å². The third kappa shape index (κ3) is 6.37. The zero-order chi connectivity index (χ0) is 21.3. The van der Waals surface area contributed by atoms with Gasteiger partial charge in [-0.2, -0.15) is 0 Å². The fraction of sp³-hybridized carbons (Fsp3) is 0.591. The van der Waals surface area contributed by atoms with Gasteiger partial charge in [-0.25, -0.2) is 14.4 Å². The van der Waals surface area contributed by atoms with E-state index < -0.39 is 18.2 Å². The van der Waals surface area contributed by atoms with Gasteiger partial charge in [0.2, 0.25) is 0 Å². The van der Waals surface area contributed by atoms with Gasteiger partial charge in [0.25, 0.3) is 0 Å². The van der Waals surface area contributed by atoms with Crippen molar-refractivity contribution >= 4 is 23.9 Å². The molecule has 2 aliphatic rings. The number of benzene rings is 1. The summed E-state index contributed by atoms with van der Waals surface area (Å²) in [6, 6.07) is 4.33. The molecule has 30 heavy (non-hydrogen) atoms. The minimum Gasteiger partial charge on any atom is -0.465 e. The largest absolute Gasteiger partial charge is 0.514 e. The minimum absolute atomic E-state index is 0.0434. The van der Waals surface area contributed by atoms with Crippen LogP contribution in [0.1, 0.15) is 74.6 Å². The monoisotopic (exact) mass is 419 g/mol. The van der Waals surface area contributed by atoms with Crippen molar-refractivity contribution in [2.45, 2.75) is 76.4 Å². The lowest BCUT2D eigenvalue weighted by atomic mass is 9.98. The van der Waals surface area contributed by atoms with Crippen molar-refractivity contribution in [1.82, 2.24) is 0 Å². The summed E-state index contributed by atoms with van der Waals surface area (Å²) < 4.78 is 20.8. The second-order valence-corrected chi connectivity index (χ2v) is 7.72. The van der Waals surface area contributed by atoms with Crippen LogP contribution in [-0.4, -0.2) is 37.5 Å². The Balaban J connectivity index is 1.65. The van der Waals surface area contributed by atoms with Gasteiger partial charge in [0.05, 0.1) is 7.11 Å². The number of ether oxygens (including phenoxy) is 4. The molecule has 8 heteroatoms. The average molecular weight is 419 g/mol. The molecular formula is C22H29NO7. The number of methoxy groups -OCH3 is 1. The van der Waals surface area contributed by atoms with Gasteiger partial charge in [-0.05, 0) is 63.5 Å². The maximum atomic E-state index is 12.2. The van der Waals surface area contributed by atoms with Crippen molar-refractivity contribution in [2.24, 2.45) is 0 Å². The standard InChI is InChI=1S/C22H29NO7/c1-27-20(24)18-13-12-15(23-21(25)28-16-8-4-2-5-9-16)14-19(18)30-22(26)29-17-10-6-3-7-11-17/h12-14,16-17H,2-11H2,1H3,(H,23,25). The smallest absolute Gasteiger partial charge is 0.465 e. The Morgan fingerprint density at radius 1 is 0.867 bits per heavy atom. The first-order chi connectivity index (χ1) is 14.5. The highest BCUT2D eigenvalue weighted by molar-refractivity contribution is 5.95. The fourth-order valence-corrected chi connectivity index (χ4v) is 3.88. The summed E-state index contributed by atoms with van der Waals surface area (Å²) in [4.78, 5) is 36.5. The van der Waals surface area contributed by atoms with Crippen LogP contribution >= 0.6 is 0 Å². The van der Waals surface area contributed by atoms with Crippen LogP contribution in [0.2, 0.25) is 0 Å². The van der Waals surface area contributed by atoms with E-state index in [4.69, 9.17) is 18.9 Å². The highest BCUT2D eigenvalue weighted by atomic mass is 16.7. The van der Waals surface area contributed by atoms with E-state index in [1.165, 1.54) is 25.3 Å². The summed E-state index contributed by atoms with van der Waals surface area (Å²) in [5, 5.41) is 2.62. The van der Waals surface area contributed by atoms with Crippen LogP contribution in [0, 0.1) is 0 Å². The molecule has 0 spiro atoms. The summed E-state index contributed by atoms with van der Waals surface area (Å²) in [7, 11) is 1.24. The SMILES string of the molecule is COC(=O)c1ccc(NC(=O)OC2CCCCC2)cc1OC(=O)OC1CCCCC1. The number of amides is 1. The predicted molar refractivity (Wildman–Crippen MR) is 109 cm³/mol. The summed E-state index contributed by atoms with van der Waals surface area (Å²) in [6.07, 6.45) is 7.99. The highest BCUT2D eigenvalue weighted by Gasteiger charge is 2.23. The van der Waals surface area contributed by atoms with E-state index in [2.05, 4.69) is 5.32 Å². The van der Waals surface area contributed by atoms with Crippen LogP contribution in [0.4, 0.5) is 15.3 Å². The Morgan fingerprint density at radius 2 is 1.47 bits per heavy atom. The van der Waals surface area contributed by atoms with Crippen LogP contribution in [0.5, 0.6) is 5.75 Å². The quantitative estimate of drug-likeness (QED) is 0.397. The van der Waals surface area contributed by atoms with E-state index in [9.17, 15) is 14.4 Å². The van der Waals surface area contributed by atoms with E-state index in [0.29, 0.717) is 5.69 Å². The molecule has 0 atom stereocenters. The van der Waals surface area contributed by atoms with Gasteiger partial charge in [0.1, 0.15) is 17.8 Å². The predicted octanol–water partition coefficient (Wildman–Crippen LogP) is 5.20. The number of carbonyl (C=O) groups excluding carboxylic acids is 3. The van der Waals surface area contributed by atoms with Crippen LogP contribution in [0.15, 0.2) is 18.2 Å². The van der Waals surface area contributed by atoms with Crippen molar-refractivity contribution in [1.29, 1.82) is 0 Å². The molecule has 1 aromatic rings. The van der Waals surface area contributed by atoms with Gasteiger partial charge in [0, 0.05) is 11.8 Å². The number of hydrogen-bond acceptors (Lipinski definition) is 7. The summed E-state index contributed by atoms with van der Waals surface area (Å²) in [5.41, 5.74) is 0.397. The molecule has 2 fully saturated rings. The fourth-order valence-electron chi connectivity index (χ4n) is 3.88. The Kier molecular flexibility index (Phi) is 7.93. The second kappa shape index (κ2) is 10.8. The summed E-state index contributed by atoms with van der Waals surface area (Å²) in [5.74, 6) is -0.704. The number of anilines is 1. The molecule has 0 heterocycles. The van der Waals surface area contributed by atoms with Crippen molar-refractivity contribution in [3.05, 3.63) is 23.8 Å². The maximum Gasteiger partial charge on any atom is 0.514 e. The molecule has 0 unspecified atom stereocenters. The maximum absolute atomic E-state index is 12.2. The first-order valence-corrected chi connectivity index (χ1v) is 10.6. The van der Waals surface area contributed by atoms with Crippen LogP contribution in [-0.2, 0) is 14.2 Å². The minimum atomic E-state index is -0.881. The summed E-state index contributed by atoms with van der Waals surface area (Å²) in [6.45, 7) is 0. The molecule has 3 rings (SSSR count). The topological polar surface area (TPSA) is 100 Å². The molecule has 0 aliphatic heterocycles. The molecule has 164 valence electrons. The zero-order valence-corrected chi connectivity index (χ0v) is 17.3. The first-order valence-electron chi connectivity index (χ1n) is 10.6. The average Bonchev–Trinajstić information content (AvgIpc) is 2.74. The lowest BCUT2D eigenvalue weighted by Gasteiger charge is -2.22. The number of hydrogen-bond donors (Lipinski definition) is 1. The Hall–Kier alpha value is -2.77. The third-order valence-corrected chi connectivity index (χ3v) is 5.47. The molecule has 1 N–H and O–H groups in total. The van der Waals surface area contributed by atoms with Crippen molar-refractivity contribution in [2.75, 3.05) is 12.4 Å². The molecule has 0 radical (unpaired) electrons. The van der Waals surface area contributed by atoms with Gasteiger partial charge < -0.3 is 18.9 Å². The molecular weight excluding hydrogens is 390 g/mol.